The van der Waals surface area contributed by atoms with Crippen LogP contribution in [0.5, 0.6) is 5.75 Å². The van der Waals surface area contributed by atoms with E-state index in [-0.39, 0.29) is 6.61 Å². The summed E-state index contributed by atoms with van der Waals surface area (Å²) < 4.78 is 37.9. The van der Waals surface area contributed by atoms with E-state index in [1.165, 1.54) is 24.3 Å². The second-order valence-corrected chi connectivity index (χ2v) is 4.45. The zero-order valence-electron chi connectivity index (χ0n) is 8.22. The minimum Gasteiger partial charge on any atom is -0.484 e. The molecule has 0 radical (unpaired) electrons. The normalized spacial score (nSPS) is 11.1. The maximum absolute atomic E-state index is 12.3. The number of rotatable bonds is 5. The van der Waals surface area contributed by atoms with Crippen LogP contribution in [0.4, 0.5) is 3.89 Å². The van der Waals surface area contributed by atoms with Gasteiger partial charge in [0, 0.05) is 0 Å². The molecule has 0 aliphatic rings. The smallest absolute Gasteiger partial charge is 0.306 e. The predicted octanol–water partition coefficient (Wildman–Crippen LogP) is 0.350. The van der Waals surface area contributed by atoms with E-state index < -0.39 is 21.9 Å². The standard InChI is InChI=1S/C9H10FNO4S/c10-16(13,14)6-7-1-3-8(4-2-7)15-5-9(11)12/h1-4H,5-6H2,(H2,11,12). The molecule has 0 bridgehead atoms. The molecular weight excluding hydrogens is 237 g/mol. The monoisotopic (exact) mass is 247 g/mol. The van der Waals surface area contributed by atoms with Crippen LogP contribution in [0.15, 0.2) is 24.3 Å². The Balaban J connectivity index is 2.64. The maximum atomic E-state index is 12.3. The van der Waals surface area contributed by atoms with Crippen molar-refractivity contribution in [3.05, 3.63) is 29.8 Å². The van der Waals surface area contributed by atoms with E-state index in [0.29, 0.717) is 11.3 Å². The lowest BCUT2D eigenvalue weighted by Crippen LogP contribution is -2.19. The zero-order chi connectivity index (χ0) is 12.2. The van der Waals surface area contributed by atoms with Gasteiger partial charge in [0.2, 0.25) is 0 Å². The molecule has 1 aromatic rings. The Morgan fingerprint density at radius 2 is 1.88 bits per heavy atom. The number of nitrogens with two attached hydrogens (primary N) is 1. The van der Waals surface area contributed by atoms with Gasteiger partial charge in [-0.1, -0.05) is 12.1 Å². The fraction of sp³-hybridized carbons (Fsp3) is 0.222. The summed E-state index contributed by atoms with van der Waals surface area (Å²) in [5.74, 6) is -0.933. The molecule has 1 aromatic carbocycles. The van der Waals surface area contributed by atoms with E-state index in [1.54, 1.807) is 0 Å². The molecule has 0 heterocycles. The van der Waals surface area contributed by atoms with Crippen molar-refractivity contribution in [2.24, 2.45) is 5.73 Å². The van der Waals surface area contributed by atoms with Gasteiger partial charge in [-0.25, -0.2) is 0 Å². The molecule has 0 aliphatic heterocycles. The van der Waals surface area contributed by atoms with Crippen molar-refractivity contribution >= 4 is 16.1 Å². The number of hydrogen-bond donors (Lipinski definition) is 1. The Bertz CT molecular complexity index is 469. The third-order valence-electron chi connectivity index (χ3n) is 1.64. The maximum Gasteiger partial charge on any atom is 0.306 e. The Kier molecular flexibility index (Phi) is 3.83. The van der Waals surface area contributed by atoms with Gasteiger partial charge in [-0.05, 0) is 17.7 Å². The Morgan fingerprint density at radius 1 is 1.31 bits per heavy atom. The average Bonchev–Trinajstić information content (AvgIpc) is 2.14. The highest BCUT2D eigenvalue weighted by atomic mass is 32.3. The van der Waals surface area contributed by atoms with Crippen molar-refractivity contribution in [2.45, 2.75) is 5.75 Å². The molecule has 0 aromatic heterocycles. The van der Waals surface area contributed by atoms with Crippen LogP contribution in [0.3, 0.4) is 0 Å². The van der Waals surface area contributed by atoms with Crippen molar-refractivity contribution in [3.63, 3.8) is 0 Å². The Labute approximate surface area is 92.2 Å². The first-order chi connectivity index (χ1) is 7.37. The molecule has 0 atom stereocenters. The summed E-state index contributed by atoms with van der Waals surface area (Å²) in [7, 11) is -4.53. The molecule has 88 valence electrons. The van der Waals surface area contributed by atoms with Crippen molar-refractivity contribution in [2.75, 3.05) is 6.61 Å². The lowest BCUT2D eigenvalue weighted by Gasteiger charge is -2.04. The third kappa shape index (κ3) is 4.74. The number of halogens is 1. The lowest BCUT2D eigenvalue weighted by atomic mass is 10.2. The highest BCUT2D eigenvalue weighted by molar-refractivity contribution is 7.85. The third-order valence-corrected chi connectivity index (χ3v) is 2.32. The Morgan fingerprint density at radius 3 is 2.31 bits per heavy atom. The number of hydrogen-bond acceptors (Lipinski definition) is 4. The molecule has 0 fully saturated rings. The first kappa shape index (κ1) is 12.4. The molecule has 2 N–H and O–H groups in total. The summed E-state index contributed by atoms with van der Waals surface area (Å²) in [5.41, 5.74) is 5.16. The number of amides is 1. The van der Waals surface area contributed by atoms with Gasteiger partial charge in [-0.3, -0.25) is 4.79 Å². The van der Waals surface area contributed by atoms with Crippen LogP contribution in [0.2, 0.25) is 0 Å². The van der Waals surface area contributed by atoms with E-state index in [4.69, 9.17) is 10.5 Å². The van der Waals surface area contributed by atoms with Crippen molar-refractivity contribution in [1.82, 2.24) is 0 Å². The van der Waals surface area contributed by atoms with Crippen molar-refractivity contribution in [3.8, 4) is 5.75 Å². The van der Waals surface area contributed by atoms with E-state index in [9.17, 15) is 17.1 Å². The van der Waals surface area contributed by atoms with E-state index in [1.807, 2.05) is 0 Å². The predicted molar refractivity (Wildman–Crippen MR) is 54.9 cm³/mol. The highest BCUT2D eigenvalue weighted by Crippen LogP contribution is 2.14. The number of benzene rings is 1. The number of primary amides is 1. The van der Waals surface area contributed by atoms with Crippen LogP contribution in [-0.4, -0.2) is 20.9 Å². The van der Waals surface area contributed by atoms with Crippen molar-refractivity contribution in [1.29, 1.82) is 0 Å². The fourth-order valence-corrected chi connectivity index (χ4v) is 1.63. The summed E-state index contributed by atoms with van der Waals surface area (Å²) in [6.07, 6.45) is 0. The summed E-state index contributed by atoms with van der Waals surface area (Å²) >= 11 is 0. The number of carbonyl (C=O) groups is 1. The topological polar surface area (TPSA) is 86.5 Å². The SMILES string of the molecule is NC(=O)COc1ccc(CS(=O)(=O)F)cc1. The van der Waals surface area contributed by atoms with Crippen LogP contribution in [-0.2, 0) is 20.8 Å². The second-order valence-electron chi connectivity index (χ2n) is 3.08. The molecule has 1 amide bonds. The molecule has 5 nitrogen and oxygen atoms in total. The molecule has 0 aliphatic carbocycles. The van der Waals surface area contributed by atoms with Crippen LogP contribution in [0.1, 0.15) is 5.56 Å². The molecule has 0 unspecified atom stereocenters. The van der Waals surface area contributed by atoms with E-state index >= 15 is 0 Å². The summed E-state index contributed by atoms with van der Waals surface area (Å²) in [6, 6.07) is 5.66. The molecule has 7 heteroatoms. The van der Waals surface area contributed by atoms with Gasteiger partial charge >= 0.3 is 10.2 Å². The fourth-order valence-electron chi connectivity index (χ4n) is 1.04. The minimum absolute atomic E-state index is 0.263. The molecule has 16 heavy (non-hydrogen) atoms. The van der Waals surface area contributed by atoms with E-state index in [2.05, 4.69) is 0 Å². The quantitative estimate of drug-likeness (QED) is 0.760. The van der Waals surface area contributed by atoms with Gasteiger partial charge in [0.05, 0.1) is 0 Å². The van der Waals surface area contributed by atoms with Crippen LogP contribution < -0.4 is 10.5 Å². The number of ether oxygens (including phenoxy) is 1. The summed E-state index contributed by atoms with van der Waals surface area (Å²) in [4.78, 5) is 10.4. The Hall–Kier alpha value is -1.63. The summed E-state index contributed by atoms with van der Waals surface area (Å²) in [5, 5.41) is 0. The van der Waals surface area contributed by atoms with Gasteiger partial charge in [-0.15, -0.1) is 3.89 Å². The lowest BCUT2D eigenvalue weighted by molar-refractivity contribution is -0.119. The highest BCUT2D eigenvalue weighted by Gasteiger charge is 2.08. The van der Waals surface area contributed by atoms with Crippen LogP contribution in [0, 0.1) is 0 Å². The average molecular weight is 247 g/mol. The first-order valence-electron chi connectivity index (χ1n) is 4.29. The van der Waals surface area contributed by atoms with Gasteiger partial charge in [0.1, 0.15) is 11.5 Å². The van der Waals surface area contributed by atoms with Gasteiger partial charge in [-0.2, -0.15) is 8.42 Å². The van der Waals surface area contributed by atoms with Crippen LogP contribution >= 0.6 is 0 Å². The van der Waals surface area contributed by atoms with Gasteiger partial charge in [0.15, 0.2) is 6.61 Å². The zero-order valence-corrected chi connectivity index (χ0v) is 9.04. The molecule has 0 saturated heterocycles. The molecule has 1 rings (SSSR count). The van der Waals surface area contributed by atoms with Crippen molar-refractivity contribution < 1.29 is 21.8 Å². The first-order valence-corrected chi connectivity index (χ1v) is 5.84. The second kappa shape index (κ2) is 4.93. The van der Waals surface area contributed by atoms with Gasteiger partial charge < -0.3 is 10.5 Å². The largest absolute Gasteiger partial charge is 0.484 e. The molecular formula is C9H10FNO4S. The molecule has 0 spiro atoms. The number of carbonyl (C=O) groups excluding carboxylic acids is 1. The van der Waals surface area contributed by atoms with Gasteiger partial charge in [0.25, 0.3) is 5.91 Å². The summed E-state index contributed by atoms with van der Waals surface area (Å²) in [6.45, 7) is -0.263. The molecule has 0 saturated carbocycles. The minimum atomic E-state index is -4.53. The van der Waals surface area contributed by atoms with E-state index in [0.717, 1.165) is 0 Å². The van der Waals surface area contributed by atoms with Crippen LogP contribution in [0.25, 0.3) is 0 Å².